The van der Waals surface area contributed by atoms with Crippen LogP contribution >= 0.6 is 11.6 Å². The molecule has 0 radical (unpaired) electrons. The number of nitrogens with one attached hydrogen (secondary N) is 1. The Labute approximate surface area is 144 Å². The first-order valence-electron chi connectivity index (χ1n) is 7.39. The Balaban J connectivity index is 1.77. The van der Waals surface area contributed by atoms with E-state index in [9.17, 15) is 4.79 Å². The zero-order valence-electron chi connectivity index (χ0n) is 13.0. The van der Waals surface area contributed by atoms with Crippen molar-refractivity contribution in [2.75, 3.05) is 5.43 Å². The number of aliphatic carboxylic acids is 1. The average molecular weight is 342 g/mol. The van der Waals surface area contributed by atoms with Gasteiger partial charge in [0.25, 0.3) is 0 Å². The summed E-state index contributed by atoms with van der Waals surface area (Å²) in [5.74, 6) is -0.848. The van der Waals surface area contributed by atoms with Gasteiger partial charge < -0.3 is 9.67 Å². The molecule has 0 aliphatic carbocycles. The molecule has 0 unspecified atom stereocenters. The van der Waals surface area contributed by atoms with E-state index in [-0.39, 0.29) is 6.42 Å². The lowest BCUT2D eigenvalue weighted by atomic mass is 10.1. The second kappa shape index (κ2) is 6.76. The number of aryl methyl sites for hydroxylation is 1. The van der Waals surface area contributed by atoms with Crippen LogP contribution in [0.25, 0.3) is 10.9 Å². The highest BCUT2D eigenvalue weighted by Crippen LogP contribution is 2.27. The van der Waals surface area contributed by atoms with Crippen LogP contribution in [0.1, 0.15) is 11.1 Å². The highest BCUT2D eigenvalue weighted by Gasteiger charge is 2.10. The van der Waals surface area contributed by atoms with Crippen LogP contribution in [0.15, 0.2) is 53.6 Å². The van der Waals surface area contributed by atoms with E-state index in [0.717, 1.165) is 27.7 Å². The highest BCUT2D eigenvalue weighted by molar-refractivity contribution is 6.34. The Morgan fingerprint density at radius 1 is 1.25 bits per heavy atom. The lowest BCUT2D eigenvalue weighted by Gasteiger charge is -2.02. The molecule has 1 aromatic heterocycles. The maximum Gasteiger partial charge on any atom is 0.307 e. The normalized spacial score (nSPS) is 11.2. The van der Waals surface area contributed by atoms with E-state index in [4.69, 9.17) is 16.7 Å². The smallest absolute Gasteiger partial charge is 0.307 e. The van der Waals surface area contributed by atoms with E-state index < -0.39 is 5.97 Å². The standard InChI is InChI=1S/C18H16ClN3O2/c1-22-16-5-3-2-4-14(16)15(18(22)19)11-20-21-13-8-6-12(7-9-13)10-17(23)24/h2-9,11,21H,10H2,1H3,(H,23,24)/b20-11+. The molecule has 0 aliphatic rings. The van der Waals surface area contributed by atoms with Gasteiger partial charge in [0, 0.05) is 23.5 Å². The fourth-order valence-electron chi connectivity index (χ4n) is 2.56. The van der Waals surface area contributed by atoms with Crippen LogP contribution in [0.4, 0.5) is 5.69 Å². The van der Waals surface area contributed by atoms with Gasteiger partial charge in [-0.25, -0.2) is 0 Å². The second-order valence-corrected chi connectivity index (χ2v) is 5.78. The van der Waals surface area contributed by atoms with Gasteiger partial charge >= 0.3 is 5.97 Å². The number of rotatable bonds is 5. The summed E-state index contributed by atoms with van der Waals surface area (Å²) in [5, 5.41) is 14.7. The molecule has 0 bridgehead atoms. The van der Waals surface area contributed by atoms with Gasteiger partial charge in [-0.05, 0) is 23.8 Å². The van der Waals surface area contributed by atoms with Gasteiger partial charge in [-0.3, -0.25) is 10.2 Å². The molecule has 5 nitrogen and oxygen atoms in total. The first-order chi connectivity index (χ1) is 11.6. The number of hydrogen-bond acceptors (Lipinski definition) is 3. The van der Waals surface area contributed by atoms with Crippen LogP contribution in [-0.2, 0) is 18.3 Å². The number of hydrazone groups is 1. The van der Waals surface area contributed by atoms with Gasteiger partial charge in [0.05, 0.1) is 18.3 Å². The van der Waals surface area contributed by atoms with Gasteiger partial charge in [0.1, 0.15) is 5.15 Å². The van der Waals surface area contributed by atoms with Gasteiger partial charge in [-0.2, -0.15) is 5.10 Å². The zero-order valence-corrected chi connectivity index (χ0v) is 13.8. The Morgan fingerprint density at radius 3 is 2.67 bits per heavy atom. The number of carboxylic acid groups (broad SMARTS) is 1. The molecule has 122 valence electrons. The van der Waals surface area contributed by atoms with Crippen LogP contribution in [-0.4, -0.2) is 21.9 Å². The quantitative estimate of drug-likeness (QED) is 0.546. The molecule has 6 heteroatoms. The number of hydrogen-bond donors (Lipinski definition) is 2. The molecule has 0 saturated heterocycles. The summed E-state index contributed by atoms with van der Waals surface area (Å²) in [6, 6.07) is 15.0. The number of nitrogens with zero attached hydrogens (tertiary/aromatic N) is 2. The van der Waals surface area contributed by atoms with Crippen molar-refractivity contribution < 1.29 is 9.90 Å². The van der Waals surface area contributed by atoms with Crippen molar-refractivity contribution >= 4 is 40.4 Å². The summed E-state index contributed by atoms with van der Waals surface area (Å²) >= 11 is 6.38. The van der Waals surface area contributed by atoms with E-state index in [1.165, 1.54) is 0 Å². The molecule has 2 N–H and O–H groups in total. The second-order valence-electron chi connectivity index (χ2n) is 5.42. The molecule has 0 spiro atoms. The SMILES string of the molecule is Cn1c(Cl)c(/C=N/Nc2ccc(CC(=O)O)cc2)c2ccccc21. The molecule has 2 aromatic carbocycles. The van der Waals surface area contributed by atoms with Crippen molar-refractivity contribution in [2.45, 2.75) is 6.42 Å². The van der Waals surface area contributed by atoms with E-state index in [0.29, 0.717) is 5.15 Å². The molecule has 0 aliphatic heterocycles. The molecule has 24 heavy (non-hydrogen) atoms. The number of benzene rings is 2. The average Bonchev–Trinajstić information content (AvgIpc) is 2.81. The fourth-order valence-corrected chi connectivity index (χ4v) is 2.80. The summed E-state index contributed by atoms with van der Waals surface area (Å²) in [4.78, 5) is 10.7. The maximum absolute atomic E-state index is 10.7. The van der Waals surface area contributed by atoms with Crippen LogP contribution in [0.5, 0.6) is 0 Å². The number of aromatic nitrogens is 1. The largest absolute Gasteiger partial charge is 0.481 e. The van der Waals surface area contributed by atoms with Crippen molar-refractivity contribution in [1.29, 1.82) is 0 Å². The Morgan fingerprint density at radius 2 is 1.96 bits per heavy atom. The van der Waals surface area contributed by atoms with Gasteiger partial charge in [-0.1, -0.05) is 41.9 Å². The van der Waals surface area contributed by atoms with Crippen LogP contribution < -0.4 is 5.43 Å². The molecular weight excluding hydrogens is 326 g/mol. The molecule has 3 rings (SSSR count). The number of carboxylic acids is 1. The lowest BCUT2D eigenvalue weighted by Crippen LogP contribution is -1.99. The predicted octanol–water partition coefficient (Wildman–Crippen LogP) is 3.90. The number of anilines is 1. The van der Waals surface area contributed by atoms with Gasteiger partial charge in [0.15, 0.2) is 0 Å². The van der Waals surface area contributed by atoms with E-state index in [2.05, 4.69) is 10.5 Å². The minimum atomic E-state index is -0.848. The van der Waals surface area contributed by atoms with E-state index >= 15 is 0 Å². The monoisotopic (exact) mass is 341 g/mol. The third-order valence-electron chi connectivity index (χ3n) is 3.77. The molecule has 0 fully saturated rings. The molecule has 1 heterocycles. The number of para-hydroxylation sites is 1. The third kappa shape index (κ3) is 3.26. The predicted molar refractivity (Wildman–Crippen MR) is 96.9 cm³/mol. The number of carbonyl (C=O) groups is 1. The third-order valence-corrected chi connectivity index (χ3v) is 4.23. The summed E-state index contributed by atoms with van der Waals surface area (Å²) in [6.07, 6.45) is 1.70. The fraction of sp³-hybridized carbons (Fsp3) is 0.111. The van der Waals surface area contributed by atoms with E-state index in [1.807, 2.05) is 35.9 Å². The van der Waals surface area contributed by atoms with E-state index in [1.54, 1.807) is 30.5 Å². The first-order valence-corrected chi connectivity index (χ1v) is 7.77. The Hall–Kier alpha value is -2.79. The van der Waals surface area contributed by atoms with Crippen molar-refractivity contribution in [3.05, 3.63) is 64.8 Å². The van der Waals surface area contributed by atoms with Crippen molar-refractivity contribution in [3.63, 3.8) is 0 Å². The number of fused-ring (bicyclic) bond motifs is 1. The Kier molecular flexibility index (Phi) is 4.53. The van der Waals surface area contributed by atoms with Crippen LogP contribution in [0.3, 0.4) is 0 Å². The molecule has 3 aromatic rings. The molecule has 0 saturated carbocycles. The summed E-state index contributed by atoms with van der Waals surface area (Å²) in [7, 11) is 1.91. The highest BCUT2D eigenvalue weighted by atomic mass is 35.5. The van der Waals surface area contributed by atoms with Crippen LogP contribution in [0.2, 0.25) is 5.15 Å². The maximum atomic E-state index is 10.7. The van der Waals surface area contributed by atoms with Crippen LogP contribution in [0, 0.1) is 0 Å². The first kappa shape index (κ1) is 16.1. The molecule has 0 atom stereocenters. The van der Waals surface area contributed by atoms with Crippen molar-refractivity contribution in [3.8, 4) is 0 Å². The van der Waals surface area contributed by atoms with Crippen molar-refractivity contribution in [1.82, 2.24) is 4.57 Å². The van der Waals surface area contributed by atoms with Gasteiger partial charge in [-0.15, -0.1) is 0 Å². The van der Waals surface area contributed by atoms with Gasteiger partial charge in [0.2, 0.25) is 0 Å². The lowest BCUT2D eigenvalue weighted by molar-refractivity contribution is -0.136. The summed E-state index contributed by atoms with van der Waals surface area (Å²) < 4.78 is 1.92. The van der Waals surface area contributed by atoms with Crippen molar-refractivity contribution in [2.24, 2.45) is 12.1 Å². The number of halogens is 1. The minimum Gasteiger partial charge on any atom is -0.481 e. The molecular formula is C18H16ClN3O2. The zero-order chi connectivity index (χ0) is 17.1. The minimum absolute atomic E-state index is 0.00909. The summed E-state index contributed by atoms with van der Waals surface area (Å²) in [5.41, 5.74) is 6.34. The summed E-state index contributed by atoms with van der Waals surface area (Å²) in [6.45, 7) is 0. The molecule has 0 amide bonds. The topological polar surface area (TPSA) is 66.6 Å². The Bertz CT molecular complexity index is 914.